The number of nitrogens with zero attached hydrogens (tertiary/aromatic N) is 1. The fourth-order valence-corrected chi connectivity index (χ4v) is 3.44. The van der Waals surface area contributed by atoms with E-state index < -0.39 is 10.0 Å². The lowest BCUT2D eigenvalue weighted by Crippen LogP contribution is -2.16. The van der Waals surface area contributed by atoms with E-state index >= 15 is 0 Å². The highest BCUT2D eigenvalue weighted by atomic mass is 32.2. The van der Waals surface area contributed by atoms with Crippen LogP contribution in [0.2, 0.25) is 0 Å². The van der Waals surface area contributed by atoms with Gasteiger partial charge in [0.05, 0.1) is 11.5 Å². The third kappa shape index (κ3) is 4.95. The first kappa shape index (κ1) is 18.7. The van der Waals surface area contributed by atoms with Crippen LogP contribution in [0, 0.1) is 0 Å². The molecule has 0 aliphatic carbocycles. The van der Waals surface area contributed by atoms with E-state index in [4.69, 9.17) is 4.74 Å². The third-order valence-electron chi connectivity index (χ3n) is 3.73. The molecule has 0 unspecified atom stereocenters. The summed E-state index contributed by atoms with van der Waals surface area (Å²) >= 11 is 0. The second kappa shape index (κ2) is 8.51. The summed E-state index contributed by atoms with van der Waals surface area (Å²) in [5.41, 5.74) is 1.38. The number of nitrogens with one attached hydrogen (secondary N) is 1. The monoisotopic (exact) mass is 380 g/mol. The second-order valence-corrected chi connectivity index (χ2v) is 7.28. The van der Waals surface area contributed by atoms with Crippen molar-refractivity contribution < 1.29 is 13.2 Å². The minimum atomic E-state index is -3.84. The molecular weight excluding hydrogens is 360 g/mol. The maximum Gasteiger partial charge on any atom is 0.284 e. The molecule has 0 atom stereocenters. The predicted molar refractivity (Wildman–Crippen MR) is 108 cm³/mol. The molecule has 27 heavy (non-hydrogen) atoms. The lowest BCUT2D eigenvalue weighted by molar-refractivity contribution is 0.340. The molecule has 0 fully saturated rings. The van der Waals surface area contributed by atoms with Gasteiger partial charge < -0.3 is 10.1 Å². The van der Waals surface area contributed by atoms with Crippen molar-refractivity contribution in [3.05, 3.63) is 90.5 Å². The van der Waals surface area contributed by atoms with Crippen LogP contribution in [0.3, 0.4) is 0 Å². The average molecular weight is 380 g/mol. The lowest BCUT2D eigenvalue weighted by Gasteiger charge is -2.11. The fourth-order valence-electron chi connectivity index (χ4n) is 2.45. The van der Waals surface area contributed by atoms with Crippen LogP contribution < -0.4 is 10.1 Å². The molecule has 3 aromatic carbocycles. The van der Waals surface area contributed by atoms with Gasteiger partial charge in [-0.3, -0.25) is 0 Å². The van der Waals surface area contributed by atoms with Gasteiger partial charge in [-0.2, -0.15) is 8.42 Å². The Morgan fingerprint density at radius 3 is 2.07 bits per heavy atom. The molecule has 0 spiro atoms. The van der Waals surface area contributed by atoms with Crippen LogP contribution >= 0.6 is 0 Å². The summed E-state index contributed by atoms with van der Waals surface area (Å²) in [4.78, 5) is 0.145. The Kier molecular flexibility index (Phi) is 5.88. The number of anilines is 1. The van der Waals surface area contributed by atoms with Gasteiger partial charge in [-0.25, -0.2) is 0 Å². The highest BCUT2D eigenvalue weighted by Gasteiger charge is 2.15. The molecule has 0 heterocycles. The van der Waals surface area contributed by atoms with Crippen LogP contribution in [0.25, 0.3) is 0 Å². The second-order valence-electron chi connectivity index (χ2n) is 5.68. The minimum absolute atomic E-state index is 0.145. The van der Waals surface area contributed by atoms with Crippen molar-refractivity contribution in [2.24, 2.45) is 4.40 Å². The highest BCUT2D eigenvalue weighted by molar-refractivity contribution is 7.90. The van der Waals surface area contributed by atoms with Crippen molar-refractivity contribution in [1.82, 2.24) is 0 Å². The Morgan fingerprint density at radius 2 is 1.48 bits per heavy atom. The Labute approximate surface area is 159 Å². The Balaban J connectivity index is 1.97. The summed E-state index contributed by atoms with van der Waals surface area (Å²) in [6.45, 7) is 2.50. The third-order valence-corrected chi connectivity index (χ3v) is 5.02. The van der Waals surface area contributed by atoms with E-state index in [2.05, 4.69) is 9.71 Å². The van der Waals surface area contributed by atoms with Crippen molar-refractivity contribution in [2.45, 2.75) is 11.8 Å². The van der Waals surface area contributed by atoms with Gasteiger partial charge in [-0.15, -0.1) is 4.40 Å². The van der Waals surface area contributed by atoms with E-state index in [0.717, 1.165) is 5.75 Å². The quantitative estimate of drug-likeness (QED) is 0.510. The molecule has 0 aliphatic rings. The molecule has 0 radical (unpaired) electrons. The molecule has 0 aliphatic heterocycles. The van der Waals surface area contributed by atoms with E-state index in [1.54, 1.807) is 30.3 Å². The van der Waals surface area contributed by atoms with E-state index in [0.29, 0.717) is 17.9 Å². The van der Waals surface area contributed by atoms with Gasteiger partial charge in [0.1, 0.15) is 5.75 Å². The van der Waals surface area contributed by atoms with Gasteiger partial charge in [0.25, 0.3) is 10.0 Å². The molecule has 0 aromatic heterocycles. The highest BCUT2D eigenvalue weighted by Crippen LogP contribution is 2.18. The van der Waals surface area contributed by atoms with Crippen LogP contribution in [0.4, 0.5) is 5.69 Å². The van der Waals surface area contributed by atoms with Crippen LogP contribution in [0.15, 0.2) is 94.2 Å². The Hall–Kier alpha value is -3.12. The summed E-state index contributed by atoms with van der Waals surface area (Å²) < 4.78 is 34.9. The SMILES string of the molecule is CCOc1ccc(NC(=NS(=O)(=O)c2ccccc2)c2ccccc2)cc1. The molecule has 0 saturated heterocycles. The number of amidine groups is 1. The van der Waals surface area contributed by atoms with Crippen molar-refractivity contribution in [3.63, 3.8) is 0 Å². The number of benzene rings is 3. The summed E-state index contributed by atoms with van der Waals surface area (Å²) in [6.07, 6.45) is 0. The summed E-state index contributed by atoms with van der Waals surface area (Å²) in [5.74, 6) is 1.00. The Morgan fingerprint density at radius 1 is 0.889 bits per heavy atom. The minimum Gasteiger partial charge on any atom is -0.494 e. The van der Waals surface area contributed by atoms with Gasteiger partial charge >= 0.3 is 0 Å². The first-order chi connectivity index (χ1) is 13.1. The zero-order valence-electron chi connectivity index (χ0n) is 14.9. The smallest absolute Gasteiger partial charge is 0.284 e. The molecular formula is C21H20N2O3S. The van der Waals surface area contributed by atoms with Crippen molar-refractivity contribution in [3.8, 4) is 5.75 Å². The average Bonchev–Trinajstić information content (AvgIpc) is 2.70. The molecule has 0 saturated carbocycles. The first-order valence-electron chi connectivity index (χ1n) is 8.54. The standard InChI is InChI=1S/C21H20N2O3S/c1-2-26-19-15-13-18(14-16-19)22-21(17-9-5-3-6-10-17)23-27(24,25)20-11-7-4-8-12-20/h3-16H,2H2,1H3,(H,22,23). The van der Waals surface area contributed by atoms with Crippen LogP contribution in [-0.2, 0) is 10.0 Å². The van der Waals surface area contributed by atoms with Gasteiger partial charge in [0, 0.05) is 11.3 Å². The molecule has 5 nitrogen and oxygen atoms in total. The number of rotatable bonds is 6. The first-order valence-corrected chi connectivity index (χ1v) is 9.98. The molecule has 3 aromatic rings. The molecule has 3 rings (SSSR count). The van der Waals surface area contributed by atoms with E-state index in [1.165, 1.54) is 12.1 Å². The Bertz CT molecular complexity index is 1000. The van der Waals surface area contributed by atoms with E-state index in [-0.39, 0.29) is 10.7 Å². The number of hydrogen-bond donors (Lipinski definition) is 1. The summed E-state index contributed by atoms with van der Waals surface area (Å²) in [7, 11) is -3.84. The van der Waals surface area contributed by atoms with Crippen LogP contribution in [-0.4, -0.2) is 20.9 Å². The normalized spacial score (nSPS) is 11.8. The van der Waals surface area contributed by atoms with Gasteiger partial charge in [0.15, 0.2) is 5.84 Å². The van der Waals surface area contributed by atoms with Crippen molar-refractivity contribution in [1.29, 1.82) is 0 Å². The molecule has 1 N–H and O–H groups in total. The molecule has 6 heteroatoms. The van der Waals surface area contributed by atoms with Crippen LogP contribution in [0.1, 0.15) is 12.5 Å². The van der Waals surface area contributed by atoms with Gasteiger partial charge in [-0.1, -0.05) is 48.5 Å². The zero-order valence-corrected chi connectivity index (χ0v) is 15.7. The number of sulfonamides is 1. The fraction of sp³-hybridized carbons (Fsp3) is 0.0952. The van der Waals surface area contributed by atoms with Crippen molar-refractivity contribution >= 4 is 21.5 Å². The largest absolute Gasteiger partial charge is 0.494 e. The number of hydrogen-bond acceptors (Lipinski definition) is 3. The molecule has 138 valence electrons. The summed E-state index contributed by atoms with van der Waals surface area (Å²) in [5, 5.41) is 3.11. The maximum atomic E-state index is 12.7. The predicted octanol–water partition coefficient (Wildman–Crippen LogP) is 4.33. The van der Waals surface area contributed by atoms with Gasteiger partial charge in [0.2, 0.25) is 0 Å². The summed E-state index contributed by atoms with van der Waals surface area (Å²) in [6, 6.07) is 24.6. The zero-order chi connectivity index (χ0) is 19.1. The van der Waals surface area contributed by atoms with E-state index in [9.17, 15) is 8.42 Å². The van der Waals surface area contributed by atoms with Crippen LogP contribution in [0.5, 0.6) is 5.75 Å². The maximum absolute atomic E-state index is 12.7. The van der Waals surface area contributed by atoms with Gasteiger partial charge in [-0.05, 0) is 43.3 Å². The topological polar surface area (TPSA) is 67.8 Å². The van der Waals surface area contributed by atoms with E-state index in [1.807, 2.05) is 49.4 Å². The molecule has 0 amide bonds. The number of ether oxygens (including phenoxy) is 1. The lowest BCUT2D eigenvalue weighted by atomic mass is 10.2. The molecule has 0 bridgehead atoms. The van der Waals surface area contributed by atoms with Crippen molar-refractivity contribution in [2.75, 3.05) is 11.9 Å².